The molecule has 0 aliphatic heterocycles. The molecule has 0 aromatic heterocycles. The van der Waals surface area contributed by atoms with Crippen LogP contribution in [0.25, 0.3) is 6.08 Å². The number of aliphatic carboxylic acids is 2. The van der Waals surface area contributed by atoms with E-state index in [0.29, 0.717) is 0 Å². The Balaban J connectivity index is 2.31. The maximum Gasteiger partial charge on any atom is 0.331 e. The Morgan fingerprint density at radius 3 is 2.03 bits per heavy atom. The molecule has 7 N–H and O–H groups in total. The summed E-state index contributed by atoms with van der Waals surface area (Å²) in [6.45, 7) is 0. The fourth-order valence-electron chi connectivity index (χ4n) is 3.07. The molecule has 0 spiro atoms. The van der Waals surface area contributed by atoms with E-state index in [9.17, 15) is 50.1 Å². The Morgan fingerprint density at radius 1 is 0.879 bits per heavy atom. The SMILES string of the molecule is O=C(O)C[C@@H](OC(=O)/C=C/c1ccc(O)c(O)c1)C(O)(CC(=O)O)Cc1ccc(O)c(O)c1. The Bertz CT molecular complexity index is 1080. The zero-order chi connectivity index (χ0) is 24.8. The van der Waals surface area contributed by atoms with Crippen molar-refractivity contribution in [2.75, 3.05) is 0 Å². The highest BCUT2D eigenvalue weighted by Crippen LogP contribution is 2.31. The van der Waals surface area contributed by atoms with Gasteiger partial charge in [-0.25, -0.2) is 4.79 Å². The van der Waals surface area contributed by atoms with Gasteiger partial charge >= 0.3 is 17.9 Å². The fourth-order valence-corrected chi connectivity index (χ4v) is 3.07. The topological polar surface area (TPSA) is 202 Å². The monoisotopic (exact) mass is 462 g/mol. The summed E-state index contributed by atoms with van der Waals surface area (Å²) < 4.78 is 5.09. The number of carboxylic acid groups (broad SMARTS) is 2. The summed E-state index contributed by atoms with van der Waals surface area (Å²) in [7, 11) is 0. The van der Waals surface area contributed by atoms with Gasteiger partial charge in [0.25, 0.3) is 0 Å². The van der Waals surface area contributed by atoms with Crippen LogP contribution in [0.1, 0.15) is 24.0 Å². The first-order valence-corrected chi connectivity index (χ1v) is 9.47. The summed E-state index contributed by atoms with van der Waals surface area (Å²) in [5, 5.41) is 67.4. The third kappa shape index (κ3) is 7.14. The molecule has 2 rings (SSSR count). The van der Waals surface area contributed by atoms with Gasteiger partial charge in [-0.05, 0) is 41.5 Å². The van der Waals surface area contributed by atoms with Gasteiger partial charge < -0.3 is 40.5 Å². The largest absolute Gasteiger partial charge is 0.504 e. The Morgan fingerprint density at radius 2 is 1.48 bits per heavy atom. The number of phenolic OH excluding ortho intramolecular Hbond substituents is 4. The maximum atomic E-state index is 12.3. The summed E-state index contributed by atoms with van der Waals surface area (Å²) in [6.07, 6.45) is -2.18. The second-order valence-corrected chi connectivity index (χ2v) is 7.28. The summed E-state index contributed by atoms with van der Waals surface area (Å²) in [5.41, 5.74) is -1.94. The van der Waals surface area contributed by atoms with E-state index < -0.39 is 66.1 Å². The molecule has 0 amide bonds. The van der Waals surface area contributed by atoms with E-state index in [1.54, 1.807) is 0 Å². The summed E-state index contributed by atoms with van der Waals surface area (Å²) >= 11 is 0. The van der Waals surface area contributed by atoms with E-state index in [4.69, 9.17) is 4.74 Å². The number of aromatic hydroxyl groups is 4. The molecule has 0 aliphatic rings. The third-order valence-corrected chi connectivity index (χ3v) is 4.64. The number of benzene rings is 2. The van der Waals surface area contributed by atoms with Crippen molar-refractivity contribution < 1.29 is 54.9 Å². The summed E-state index contributed by atoms with van der Waals surface area (Å²) in [5.74, 6) is -5.90. The smallest absolute Gasteiger partial charge is 0.331 e. The zero-order valence-corrected chi connectivity index (χ0v) is 17.1. The minimum absolute atomic E-state index is 0.149. The molecule has 2 aromatic carbocycles. The molecule has 2 atom stereocenters. The molecule has 0 heterocycles. The highest BCUT2D eigenvalue weighted by atomic mass is 16.6. The molecule has 0 saturated carbocycles. The standard InChI is InChI=1S/C22H22O11/c23-14-4-1-12(7-16(14)25)3-6-21(31)33-18(9-19(27)28)22(32,11-20(29)30)10-13-2-5-15(24)17(26)8-13/h1-8,18,23-26,32H,9-11H2,(H,27,28)(H,29,30)/b6-3+/t18-,22?/m1/s1. The van der Waals surface area contributed by atoms with Gasteiger partial charge in [-0.15, -0.1) is 0 Å². The lowest BCUT2D eigenvalue weighted by Gasteiger charge is -2.34. The second-order valence-electron chi connectivity index (χ2n) is 7.28. The van der Waals surface area contributed by atoms with E-state index in [1.807, 2.05) is 0 Å². The quantitative estimate of drug-likeness (QED) is 0.153. The van der Waals surface area contributed by atoms with Gasteiger partial charge in [-0.3, -0.25) is 9.59 Å². The van der Waals surface area contributed by atoms with Crippen LogP contribution in [0.15, 0.2) is 42.5 Å². The van der Waals surface area contributed by atoms with Crippen molar-refractivity contribution in [3.8, 4) is 23.0 Å². The Hall–Kier alpha value is -4.25. The van der Waals surface area contributed by atoms with E-state index in [2.05, 4.69) is 0 Å². The van der Waals surface area contributed by atoms with Crippen molar-refractivity contribution in [2.45, 2.75) is 31.0 Å². The number of carbonyl (C=O) groups excluding carboxylic acids is 1. The molecular weight excluding hydrogens is 440 g/mol. The van der Waals surface area contributed by atoms with Crippen LogP contribution in [0.3, 0.4) is 0 Å². The van der Waals surface area contributed by atoms with Crippen LogP contribution in [0.5, 0.6) is 23.0 Å². The number of ether oxygens (including phenoxy) is 1. The number of hydrogen-bond acceptors (Lipinski definition) is 9. The number of phenols is 4. The lowest BCUT2D eigenvalue weighted by atomic mass is 9.84. The molecule has 11 nitrogen and oxygen atoms in total. The summed E-state index contributed by atoms with van der Waals surface area (Å²) in [6, 6.07) is 7.11. The normalized spacial score (nSPS) is 13.8. The third-order valence-electron chi connectivity index (χ3n) is 4.64. The maximum absolute atomic E-state index is 12.3. The average molecular weight is 462 g/mol. The van der Waals surface area contributed by atoms with Gasteiger partial charge in [0, 0.05) is 12.5 Å². The van der Waals surface area contributed by atoms with E-state index >= 15 is 0 Å². The van der Waals surface area contributed by atoms with Crippen molar-refractivity contribution in [3.05, 3.63) is 53.6 Å². The van der Waals surface area contributed by atoms with E-state index in [1.165, 1.54) is 24.3 Å². The predicted molar refractivity (Wildman–Crippen MR) is 112 cm³/mol. The average Bonchev–Trinajstić information content (AvgIpc) is 2.70. The minimum Gasteiger partial charge on any atom is -0.504 e. The lowest BCUT2D eigenvalue weighted by Crippen LogP contribution is -2.49. The molecule has 0 saturated heterocycles. The highest BCUT2D eigenvalue weighted by Gasteiger charge is 2.43. The first-order chi connectivity index (χ1) is 15.4. The van der Waals surface area contributed by atoms with Gasteiger partial charge in [-0.2, -0.15) is 0 Å². The van der Waals surface area contributed by atoms with Crippen LogP contribution in [0.2, 0.25) is 0 Å². The van der Waals surface area contributed by atoms with E-state index in [0.717, 1.165) is 24.3 Å². The molecule has 0 fully saturated rings. The Labute approximate surface area is 187 Å². The molecule has 11 heteroatoms. The fraction of sp³-hybridized carbons (Fsp3) is 0.227. The number of carboxylic acids is 2. The zero-order valence-electron chi connectivity index (χ0n) is 17.1. The number of carbonyl (C=O) groups is 3. The van der Waals surface area contributed by atoms with Gasteiger partial charge in [0.2, 0.25) is 0 Å². The lowest BCUT2D eigenvalue weighted by molar-refractivity contribution is -0.172. The molecule has 0 bridgehead atoms. The first kappa shape index (κ1) is 25.0. The van der Waals surface area contributed by atoms with E-state index in [-0.39, 0.29) is 16.9 Å². The first-order valence-electron chi connectivity index (χ1n) is 9.47. The van der Waals surface area contributed by atoms with Crippen molar-refractivity contribution in [1.29, 1.82) is 0 Å². The minimum atomic E-state index is -2.38. The second kappa shape index (κ2) is 10.4. The van der Waals surface area contributed by atoms with Gasteiger partial charge in [0.15, 0.2) is 23.0 Å². The molecule has 176 valence electrons. The molecule has 33 heavy (non-hydrogen) atoms. The molecule has 0 aliphatic carbocycles. The molecule has 1 unspecified atom stereocenters. The van der Waals surface area contributed by atoms with Crippen LogP contribution < -0.4 is 0 Å². The van der Waals surface area contributed by atoms with Crippen molar-refractivity contribution in [1.82, 2.24) is 0 Å². The summed E-state index contributed by atoms with van der Waals surface area (Å²) in [4.78, 5) is 35.0. The van der Waals surface area contributed by atoms with Crippen molar-refractivity contribution in [3.63, 3.8) is 0 Å². The molecule has 2 aromatic rings. The number of hydrogen-bond donors (Lipinski definition) is 7. The number of rotatable bonds is 10. The molecular formula is C22H22O11. The van der Waals surface area contributed by atoms with Crippen LogP contribution in [-0.4, -0.2) is 65.4 Å². The highest BCUT2D eigenvalue weighted by molar-refractivity contribution is 5.87. The molecule has 0 radical (unpaired) electrons. The van der Waals surface area contributed by atoms with Crippen LogP contribution in [0.4, 0.5) is 0 Å². The van der Waals surface area contributed by atoms with Gasteiger partial charge in [0.05, 0.1) is 12.8 Å². The Kier molecular flexibility index (Phi) is 7.86. The van der Waals surface area contributed by atoms with Gasteiger partial charge in [-0.1, -0.05) is 12.1 Å². The van der Waals surface area contributed by atoms with Gasteiger partial charge in [0.1, 0.15) is 11.7 Å². The number of aliphatic hydroxyl groups is 1. The van der Waals surface area contributed by atoms with Crippen LogP contribution >= 0.6 is 0 Å². The van der Waals surface area contributed by atoms with Crippen molar-refractivity contribution in [2.24, 2.45) is 0 Å². The number of esters is 1. The van der Waals surface area contributed by atoms with Crippen LogP contribution in [0, 0.1) is 0 Å². The predicted octanol–water partition coefficient (Wildman–Crippen LogP) is 1.36. The van der Waals surface area contributed by atoms with Crippen molar-refractivity contribution >= 4 is 24.0 Å². The van der Waals surface area contributed by atoms with Crippen LogP contribution in [-0.2, 0) is 25.5 Å².